The van der Waals surface area contributed by atoms with E-state index in [2.05, 4.69) is 13.8 Å². The van der Waals surface area contributed by atoms with E-state index in [4.69, 9.17) is 17.8 Å². The van der Waals surface area contributed by atoms with Crippen molar-refractivity contribution in [2.45, 2.75) is 181 Å². The second-order valence-electron chi connectivity index (χ2n) is 12.8. The second-order valence-corrected chi connectivity index (χ2v) is 14.5. The number of aliphatic hydroxyl groups is 2. The van der Waals surface area contributed by atoms with Crippen molar-refractivity contribution < 1.29 is 37.6 Å². The maximum Gasteiger partial charge on any atom is 0.340 e. The Morgan fingerprint density at radius 3 is 1.06 bits per heavy atom. The molecule has 1 aromatic rings. The van der Waals surface area contributed by atoms with E-state index in [0.29, 0.717) is 0 Å². The van der Waals surface area contributed by atoms with Crippen molar-refractivity contribution >= 4 is 36.0 Å². The van der Waals surface area contributed by atoms with Crippen LogP contribution in [0.1, 0.15) is 177 Å². The standard InChI is InChI=1S/C38H66O8S2/c1-5-7-9-11-13-15-17-19-21-23-29-47-45-37(31(3)39)43-35(41)33-25-27-34(28-26-33)36(42)44-38(32(4)40)46-48-30-24-22-20-18-16-14-12-10-8-6-2/h25-28,31-32,37-40H,5-24,29-30H2,1-4H3. The lowest BCUT2D eigenvalue weighted by atomic mass is 10.1. The molecule has 4 unspecified atom stereocenters. The number of benzene rings is 1. The third-order valence-electron chi connectivity index (χ3n) is 8.08. The molecule has 0 bridgehead atoms. The van der Waals surface area contributed by atoms with E-state index in [9.17, 15) is 19.8 Å². The molecule has 10 heteroatoms. The number of carbonyl (C=O) groups is 2. The van der Waals surface area contributed by atoms with Crippen molar-refractivity contribution in [1.29, 1.82) is 0 Å². The molecule has 0 aliphatic carbocycles. The molecule has 1 rings (SSSR count). The van der Waals surface area contributed by atoms with Gasteiger partial charge in [0.1, 0.15) is 12.2 Å². The molecule has 0 spiro atoms. The first-order chi connectivity index (χ1) is 23.3. The highest BCUT2D eigenvalue weighted by atomic mass is 32.2. The smallest absolute Gasteiger partial charge is 0.340 e. The van der Waals surface area contributed by atoms with Gasteiger partial charge in [0.25, 0.3) is 0 Å². The zero-order valence-electron chi connectivity index (χ0n) is 30.3. The van der Waals surface area contributed by atoms with Crippen LogP contribution < -0.4 is 0 Å². The number of rotatable bonds is 32. The summed E-state index contributed by atoms with van der Waals surface area (Å²) < 4.78 is 22.0. The van der Waals surface area contributed by atoms with Crippen molar-refractivity contribution in [2.75, 3.05) is 11.5 Å². The van der Waals surface area contributed by atoms with Gasteiger partial charge in [0.15, 0.2) is 0 Å². The molecule has 0 aromatic heterocycles. The SMILES string of the molecule is CCCCCCCCCCCCSOC(OC(=O)c1ccc(C(=O)OC(OSCCCCCCCCCCCC)C(C)O)cc1)C(C)O. The van der Waals surface area contributed by atoms with Crippen molar-refractivity contribution in [2.24, 2.45) is 0 Å². The quantitative estimate of drug-likeness (QED) is 0.0324. The molecular weight excluding hydrogens is 649 g/mol. The van der Waals surface area contributed by atoms with Gasteiger partial charge >= 0.3 is 11.9 Å². The Balaban J connectivity index is 2.32. The molecule has 0 amide bonds. The summed E-state index contributed by atoms with van der Waals surface area (Å²) in [6.07, 6.45) is 20.8. The Bertz CT molecular complexity index is 839. The first kappa shape index (κ1) is 44.7. The van der Waals surface area contributed by atoms with Gasteiger partial charge in [-0.3, -0.25) is 8.37 Å². The lowest BCUT2D eigenvalue weighted by Crippen LogP contribution is -2.30. The van der Waals surface area contributed by atoms with E-state index in [1.807, 2.05) is 0 Å². The molecule has 48 heavy (non-hydrogen) atoms. The highest BCUT2D eigenvalue weighted by Gasteiger charge is 2.24. The van der Waals surface area contributed by atoms with Gasteiger partial charge in [-0.25, -0.2) is 9.59 Å². The summed E-state index contributed by atoms with van der Waals surface area (Å²) in [7, 11) is 0. The topological polar surface area (TPSA) is 112 Å². The largest absolute Gasteiger partial charge is 0.428 e. The normalized spacial score (nSPS) is 14.0. The van der Waals surface area contributed by atoms with Crippen molar-refractivity contribution in [3.05, 3.63) is 35.4 Å². The summed E-state index contributed by atoms with van der Waals surface area (Å²) in [5, 5.41) is 20.2. The van der Waals surface area contributed by atoms with Gasteiger partial charge in [0.2, 0.25) is 12.6 Å². The fourth-order valence-electron chi connectivity index (χ4n) is 5.01. The van der Waals surface area contributed by atoms with Gasteiger partial charge < -0.3 is 19.7 Å². The number of ether oxygens (including phenoxy) is 2. The van der Waals surface area contributed by atoms with Crippen LogP contribution in [0.4, 0.5) is 0 Å². The maximum absolute atomic E-state index is 12.7. The molecule has 0 fully saturated rings. The third-order valence-corrected chi connectivity index (χ3v) is 9.64. The summed E-state index contributed by atoms with van der Waals surface area (Å²) in [6.45, 7) is 7.49. The summed E-state index contributed by atoms with van der Waals surface area (Å²) in [6, 6.07) is 5.81. The average molecular weight is 715 g/mol. The number of carbonyl (C=O) groups excluding carboxylic acids is 2. The lowest BCUT2D eigenvalue weighted by Gasteiger charge is -2.20. The van der Waals surface area contributed by atoms with Crippen LogP contribution in [0.5, 0.6) is 0 Å². The molecule has 0 aliphatic heterocycles. The molecule has 278 valence electrons. The van der Waals surface area contributed by atoms with Crippen LogP contribution in [0.15, 0.2) is 24.3 Å². The van der Waals surface area contributed by atoms with Crippen LogP contribution in [0, 0.1) is 0 Å². The summed E-state index contributed by atoms with van der Waals surface area (Å²) in [4.78, 5) is 25.5. The molecule has 1 aromatic carbocycles. The zero-order chi connectivity index (χ0) is 35.2. The number of hydrogen-bond donors (Lipinski definition) is 2. The zero-order valence-corrected chi connectivity index (χ0v) is 32.0. The molecule has 0 aliphatic rings. The lowest BCUT2D eigenvalue weighted by molar-refractivity contribution is -0.0991. The monoisotopic (exact) mass is 714 g/mol. The van der Waals surface area contributed by atoms with E-state index in [-0.39, 0.29) is 11.1 Å². The van der Waals surface area contributed by atoms with Gasteiger partial charge in [-0.2, -0.15) is 0 Å². The molecule has 0 saturated carbocycles. The minimum atomic E-state index is -1.11. The highest BCUT2D eigenvalue weighted by molar-refractivity contribution is 7.94. The minimum absolute atomic E-state index is 0.205. The van der Waals surface area contributed by atoms with Crippen molar-refractivity contribution in [3.63, 3.8) is 0 Å². The first-order valence-corrected chi connectivity index (χ1v) is 20.6. The van der Waals surface area contributed by atoms with E-state index in [1.54, 1.807) is 0 Å². The predicted molar refractivity (Wildman–Crippen MR) is 199 cm³/mol. The van der Waals surface area contributed by atoms with Crippen LogP contribution in [-0.2, 0) is 17.8 Å². The van der Waals surface area contributed by atoms with E-state index in [0.717, 1.165) is 37.2 Å². The number of esters is 2. The molecule has 8 nitrogen and oxygen atoms in total. The summed E-state index contributed by atoms with van der Waals surface area (Å²) in [5.74, 6) is 0.161. The van der Waals surface area contributed by atoms with E-state index in [1.165, 1.54) is 165 Å². The van der Waals surface area contributed by atoms with Crippen molar-refractivity contribution in [3.8, 4) is 0 Å². The number of unbranched alkanes of at least 4 members (excludes halogenated alkanes) is 18. The summed E-state index contributed by atoms with van der Waals surface area (Å²) >= 11 is 2.40. The Morgan fingerprint density at radius 1 is 0.521 bits per heavy atom. The first-order valence-electron chi connectivity index (χ1n) is 18.7. The molecule has 2 N–H and O–H groups in total. The molecule has 0 radical (unpaired) electrons. The second kappa shape index (κ2) is 30.5. The average Bonchev–Trinajstić information content (AvgIpc) is 3.07. The van der Waals surface area contributed by atoms with Gasteiger partial charge in [-0.05, 0) is 75.0 Å². The molecule has 0 saturated heterocycles. The highest BCUT2D eigenvalue weighted by Crippen LogP contribution is 2.20. The predicted octanol–water partition coefficient (Wildman–Crippen LogP) is 10.6. The minimum Gasteiger partial charge on any atom is -0.428 e. The van der Waals surface area contributed by atoms with Crippen LogP contribution >= 0.6 is 24.1 Å². The van der Waals surface area contributed by atoms with Crippen molar-refractivity contribution in [1.82, 2.24) is 0 Å². The Hall–Kier alpha value is -1.30. The summed E-state index contributed by atoms with van der Waals surface area (Å²) in [5.41, 5.74) is 0.409. The number of aliphatic hydroxyl groups excluding tert-OH is 2. The Kier molecular flexibility index (Phi) is 28.4. The Labute approximate surface area is 300 Å². The molecular formula is C38H66O8S2. The van der Waals surface area contributed by atoms with Crippen LogP contribution in [0.3, 0.4) is 0 Å². The third kappa shape index (κ3) is 23.2. The fraction of sp³-hybridized carbons (Fsp3) is 0.789. The maximum atomic E-state index is 12.7. The van der Waals surface area contributed by atoms with Gasteiger partial charge in [-0.15, -0.1) is 0 Å². The molecule has 0 heterocycles. The Morgan fingerprint density at radius 2 is 0.792 bits per heavy atom. The van der Waals surface area contributed by atoms with Crippen LogP contribution in [-0.4, -0.2) is 58.4 Å². The van der Waals surface area contributed by atoms with Gasteiger partial charge in [0, 0.05) is 11.5 Å². The number of hydrogen-bond acceptors (Lipinski definition) is 10. The van der Waals surface area contributed by atoms with E-state index >= 15 is 0 Å². The fourth-order valence-corrected chi connectivity index (χ4v) is 6.52. The molecule has 4 atom stereocenters. The van der Waals surface area contributed by atoms with Crippen LogP contribution in [0.25, 0.3) is 0 Å². The van der Waals surface area contributed by atoms with E-state index < -0.39 is 36.7 Å². The van der Waals surface area contributed by atoms with Gasteiger partial charge in [-0.1, -0.05) is 129 Å². The van der Waals surface area contributed by atoms with Gasteiger partial charge in [0.05, 0.1) is 11.1 Å². The van der Waals surface area contributed by atoms with Crippen LogP contribution in [0.2, 0.25) is 0 Å².